The number of halogens is 1. The number of rotatable bonds is 3. The Hall–Kier alpha value is 0.350. The van der Waals surface area contributed by atoms with Crippen molar-refractivity contribution in [2.75, 3.05) is 12.3 Å². The van der Waals surface area contributed by atoms with Crippen molar-refractivity contribution in [2.45, 2.75) is 56.2 Å². The molecule has 0 amide bonds. The Labute approximate surface area is 126 Å². The summed E-state index contributed by atoms with van der Waals surface area (Å²) in [5.74, 6) is 1.97. The van der Waals surface area contributed by atoms with Gasteiger partial charge >= 0.3 is 0 Å². The van der Waals surface area contributed by atoms with Gasteiger partial charge in [0.15, 0.2) is 5.96 Å². The average Bonchev–Trinajstić information content (AvgIpc) is 2.81. The lowest BCUT2D eigenvalue weighted by Gasteiger charge is -2.23. The summed E-state index contributed by atoms with van der Waals surface area (Å²) < 4.78 is 0. The van der Waals surface area contributed by atoms with Crippen molar-refractivity contribution < 1.29 is 0 Å². The van der Waals surface area contributed by atoms with Crippen molar-refractivity contribution in [3.8, 4) is 0 Å². The molecule has 0 spiro atoms. The lowest BCUT2D eigenvalue weighted by Crippen LogP contribution is -2.41. The molecule has 1 aliphatic carbocycles. The van der Waals surface area contributed by atoms with Crippen molar-refractivity contribution in [2.24, 2.45) is 10.7 Å². The third kappa shape index (κ3) is 5.68. The summed E-state index contributed by atoms with van der Waals surface area (Å²) in [4.78, 5) is 4.46. The van der Waals surface area contributed by atoms with Crippen molar-refractivity contribution >= 4 is 41.7 Å². The molecule has 1 aliphatic heterocycles. The van der Waals surface area contributed by atoms with Gasteiger partial charge in [-0.3, -0.25) is 4.99 Å². The first-order valence-corrected chi connectivity index (χ1v) is 7.57. The van der Waals surface area contributed by atoms with Gasteiger partial charge in [0.25, 0.3) is 0 Å². The van der Waals surface area contributed by atoms with Crippen LogP contribution >= 0.6 is 35.7 Å². The number of nitrogens with zero attached hydrogens (tertiary/aromatic N) is 1. The van der Waals surface area contributed by atoms with Crippen LogP contribution in [0.15, 0.2) is 4.99 Å². The molecule has 0 aromatic heterocycles. The minimum atomic E-state index is 0. The normalized spacial score (nSPS) is 26.6. The third-order valence-electron chi connectivity index (χ3n) is 3.45. The Morgan fingerprint density at radius 1 is 1.18 bits per heavy atom. The van der Waals surface area contributed by atoms with Crippen LogP contribution in [0.3, 0.4) is 0 Å². The molecule has 2 rings (SSSR count). The zero-order valence-corrected chi connectivity index (χ0v) is 13.5. The molecular weight excluding hydrogens is 345 g/mol. The van der Waals surface area contributed by atoms with Gasteiger partial charge in [-0.15, -0.1) is 24.0 Å². The van der Waals surface area contributed by atoms with Crippen LogP contribution in [0.2, 0.25) is 0 Å². The first-order chi connectivity index (χ1) is 7.84. The topological polar surface area (TPSA) is 50.4 Å². The number of hydrogen-bond donors (Lipinski definition) is 2. The first-order valence-electron chi connectivity index (χ1n) is 6.52. The van der Waals surface area contributed by atoms with Gasteiger partial charge in [-0.05, 0) is 31.4 Å². The van der Waals surface area contributed by atoms with Crippen LogP contribution in [0.5, 0.6) is 0 Å². The average molecular weight is 369 g/mol. The summed E-state index contributed by atoms with van der Waals surface area (Å²) in [6.45, 7) is 0.899. The standard InChI is InChI=1S/C12H23N3S.HI/c13-12(14-9-11-7-4-8-16-11)15-10-5-2-1-3-6-10;/h10-11H,1-9H2,(H3,13,14,15);1H. The Morgan fingerprint density at radius 3 is 2.59 bits per heavy atom. The molecule has 1 saturated heterocycles. The monoisotopic (exact) mass is 369 g/mol. The highest BCUT2D eigenvalue weighted by atomic mass is 127. The summed E-state index contributed by atoms with van der Waals surface area (Å²) in [6, 6.07) is 0.578. The molecular formula is C12H24IN3S. The number of nitrogens with one attached hydrogen (secondary N) is 1. The van der Waals surface area contributed by atoms with E-state index in [0.29, 0.717) is 17.3 Å². The molecule has 1 saturated carbocycles. The summed E-state index contributed by atoms with van der Waals surface area (Å²) in [6.07, 6.45) is 9.23. The fourth-order valence-corrected chi connectivity index (χ4v) is 3.67. The van der Waals surface area contributed by atoms with Crippen LogP contribution in [-0.4, -0.2) is 29.5 Å². The van der Waals surface area contributed by atoms with Crippen LogP contribution in [-0.2, 0) is 0 Å². The Bertz CT molecular complexity index is 236. The lowest BCUT2D eigenvalue weighted by atomic mass is 9.96. The molecule has 3 N–H and O–H groups in total. The highest BCUT2D eigenvalue weighted by molar-refractivity contribution is 14.0. The number of hydrogen-bond acceptors (Lipinski definition) is 2. The number of guanidine groups is 1. The molecule has 5 heteroatoms. The molecule has 3 nitrogen and oxygen atoms in total. The smallest absolute Gasteiger partial charge is 0.188 e. The van der Waals surface area contributed by atoms with Gasteiger partial charge in [0.1, 0.15) is 0 Å². The first kappa shape index (κ1) is 15.4. The van der Waals surface area contributed by atoms with E-state index in [2.05, 4.69) is 10.3 Å². The lowest BCUT2D eigenvalue weighted by molar-refractivity contribution is 0.412. The Kier molecular flexibility index (Phi) is 7.66. The summed E-state index contributed by atoms with van der Waals surface area (Å²) >= 11 is 2.04. The molecule has 0 aromatic rings. The van der Waals surface area contributed by atoms with E-state index in [1.54, 1.807) is 0 Å². The van der Waals surface area contributed by atoms with Crippen LogP contribution in [0, 0.1) is 0 Å². The minimum Gasteiger partial charge on any atom is -0.370 e. The molecule has 1 heterocycles. The van der Waals surface area contributed by atoms with Crippen LogP contribution in [0.25, 0.3) is 0 Å². The van der Waals surface area contributed by atoms with Gasteiger partial charge in [-0.1, -0.05) is 19.3 Å². The second kappa shape index (κ2) is 8.45. The maximum atomic E-state index is 5.91. The molecule has 100 valence electrons. The van der Waals surface area contributed by atoms with Crippen molar-refractivity contribution in [3.05, 3.63) is 0 Å². The number of aliphatic imine (C=N–C) groups is 1. The van der Waals surface area contributed by atoms with Gasteiger partial charge < -0.3 is 11.1 Å². The summed E-state index contributed by atoms with van der Waals surface area (Å²) in [7, 11) is 0. The molecule has 1 atom stereocenters. The fraction of sp³-hybridized carbons (Fsp3) is 0.917. The maximum absolute atomic E-state index is 5.91. The van der Waals surface area contributed by atoms with Crippen LogP contribution < -0.4 is 11.1 Å². The van der Waals surface area contributed by atoms with Gasteiger partial charge in [0, 0.05) is 11.3 Å². The molecule has 0 radical (unpaired) electrons. The van der Waals surface area contributed by atoms with E-state index in [1.165, 1.54) is 50.7 Å². The zero-order valence-electron chi connectivity index (χ0n) is 10.4. The molecule has 0 bridgehead atoms. The largest absolute Gasteiger partial charge is 0.370 e. The highest BCUT2D eigenvalue weighted by Gasteiger charge is 2.16. The van der Waals surface area contributed by atoms with Crippen molar-refractivity contribution in [3.63, 3.8) is 0 Å². The highest BCUT2D eigenvalue weighted by Crippen LogP contribution is 2.26. The maximum Gasteiger partial charge on any atom is 0.188 e. The Balaban J connectivity index is 0.00000144. The number of nitrogens with two attached hydrogens (primary N) is 1. The van der Waals surface area contributed by atoms with Crippen molar-refractivity contribution in [1.29, 1.82) is 0 Å². The van der Waals surface area contributed by atoms with Crippen LogP contribution in [0.1, 0.15) is 44.9 Å². The van der Waals surface area contributed by atoms with Crippen molar-refractivity contribution in [1.82, 2.24) is 5.32 Å². The van der Waals surface area contributed by atoms with E-state index in [-0.39, 0.29) is 24.0 Å². The van der Waals surface area contributed by atoms with Crippen LogP contribution in [0.4, 0.5) is 0 Å². The summed E-state index contributed by atoms with van der Waals surface area (Å²) in [5.41, 5.74) is 5.91. The predicted octanol–water partition coefficient (Wildman–Crippen LogP) is 2.74. The van der Waals surface area contributed by atoms with E-state index in [9.17, 15) is 0 Å². The second-order valence-electron chi connectivity index (χ2n) is 4.84. The minimum absolute atomic E-state index is 0. The molecule has 17 heavy (non-hydrogen) atoms. The number of thioether (sulfide) groups is 1. The van der Waals surface area contributed by atoms with E-state index in [0.717, 1.165) is 6.54 Å². The zero-order chi connectivity index (χ0) is 11.2. The van der Waals surface area contributed by atoms with E-state index in [1.807, 2.05) is 11.8 Å². The second-order valence-corrected chi connectivity index (χ2v) is 6.25. The molecule has 0 aromatic carbocycles. The summed E-state index contributed by atoms with van der Waals surface area (Å²) in [5, 5.41) is 4.08. The third-order valence-corrected chi connectivity index (χ3v) is 4.83. The molecule has 1 unspecified atom stereocenters. The fourth-order valence-electron chi connectivity index (χ4n) is 2.49. The molecule has 2 fully saturated rings. The Morgan fingerprint density at radius 2 is 1.94 bits per heavy atom. The van der Waals surface area contributed by atoms with Gasteiger partial charge in [0.05, 0.1) is 6.54 Å². The SMILES string of the molecule is I.NC(=NCC1CCCS1)NC1CCCCC1. The molecule has 2 aliphatic rings. The van der Waals surface area contributed by atoms with E-state index in [4.69, 9.17) is 5.73 Å². The van der Waals surface area contributed by atoms with Gasteiger partial charge in [-0.25, -0.2) is 0 Å². The quantitative estimate of drug-likeness (QED) is 0.457. The predicted molar refractivity (Wildman–Crippen MR) is 87.4 cm³/mol. The van der Waals surface area contributed by atoms with Gasteiger partial charge in [0.2, 0.25) is 0 Å². The van der Waals surface area contributed by atoms with E-state index < -0.39 is 0 Å². The van der Waals surface area contributed by atoms with E-state index >= 15 is 0 Å². The van der Waals surface area contributed by atoms with Gasteiger partial charge in [-0.2, -0.15) is 11.8 Å².